The zero-order valence-corrected chi connectivity index (χ0v) is 27.1. The number of anilines is 1. The molecule has 238 valence electrons. The Balaban J connectivity index is 1.17. The summed E-state index contributed by atoms with van der Waals surface area (Å²) in [6.45, 7) is 6.03. The first-order valence-corrected chi connectivity index (χ1v) is 16.6. The molecule has 0 saturated carbocycles. The third-order valence-corrected chi connectivity index (χ3v) is 10.6. The van der Waals surface area contributed by atoms with Crippen LogP contribution in [0.4, 0.5) is 5.69 Å². The molecule has 46 heavy (non-hydrogen) atoms. The van der Waals surface area contributed by atoms with E-state index < -0.39 is 11.9 Å². The number of carboxylic acid groups (broad SMARTS) is 2. The fourth-order valence-electron chi connectivity index (χ4n) is 6.02. The summed E-state index contributed by atoms with van der Waals surface area (Å²) in [5.41, 5.74) is 7.04. The van der Waals surface area contributed by atoms with Gasteiger partial charge in [-0.2, -0.15) is 0 Å². The van der Waals surface area contributed by atoms with Crippen molar-refractivity contribution in [2.24, 2.45) is 0 Å². The average molecular weight is 660 g/mol. The van der Waals surface area contributed by atoms with Crippen molar-refractivity contribution in [3.63, 3.8) is 0 Å². The van der Waals surface area contributed by atoms with Crippen molar-refractivity contribution < 1.29 is 29.4 Å². The Bertz CT molecular complexity index is 1730. The molecule has 1 amide bonds. The van der Waals surface area contributed by atoms with Crippen LogP contribution in [-0.4, -0.2) is 79.8 Å². The summed E-state index contributed by atoms with van der Waals surface area (Å²) >= 11 is 2.65. The van der Waals surface area contributed by atoms with Gasteiger partial charge in [0.05, 0.1) is 24.5 Å². The monoisotopic (exact) mass is 659 g/mol. The molecule has 0 aliphatic carbocycles. The highest BCUT2D eigenvalue weighted by molar-refractivity contribution is 7.14. The van der Waals surface area contributed by atoms with Gasteiger partial charge in [0.25, 0.3) is 5.91 Å². The van der Waals surface area contributed by atoms with E-state index in [0.717, 1.165) is 49.0 Å². The van der Waals surface area contributed by atoms with E-state index >= 15 is 0 Å². The Kier molecular flexibility index (Phi) is 9.09. The first-order chi connectivity index (χ1) is 22.0. The molecule has 2 aromatic carbocycles. The summed E-state index contributed by atoms with van der Waals surface area (Å²) in [6, 6.07) is 11.6. The van der Waals surface area contributed by atoms with Crippen LogP contribution < -0.4 is 5.32 Å². The van der Waals surface area contributed by atoms with Crippen LogP contribution in [0.2, 0.25) is 0 Å². The predicted octanol–water partition coefficient (Wildman–Crippen LogP) is 4.45. The highest BCUT2D eigenvalue weighted by Crippen LogP contribution is 2.34. The van der Waals surface area contributed by atoms with E-state index in [4.69, 9.17) is 10.2 Å². The third kappa shape index (κ3) is 6.77. The first kappa shape index (κ1) is 31.7. The largest absolute Gasteiger partial charge is 0.480 e. The first-order valence-electron chi connectivity index (χ1n) is 14.9. The highest BCUT2D eigenvalue weighted by atomic mass is 32.1. The quantitative estimate of drug-likeness (QED) is 0.208. The number of thiazole rings is 2. The number of carbonyl (C=O) groups is 4. The van der Waals surface area contributed by atoms with Crippen LogP contribution >= 0.6 is 22.7 Å². The number of hydrogen-bond acceptors (Lipinski definition) is 10. The summed E-state index contributed by atoms with van der Waals surface area (Å²) in [7, 11) is 0. The van der Waals surface area contributed by atoms with E-state index in [1.54, 1.807) is 0 Å². The van der Waals surface area contributed by atoms with Gasteiger partial charge in [-0.05, 0) is 47.7 Å². The van der Waals surface area contributed by atoms with E-state index in [-0.39, 0.29) is 31.2 Å². The number of rotatable bonds is 10. The molecule has 13 heteroatoms. The molecule has 4 aromatic rings. The molecule has 0 spiro atoms. The summed E-state index contributed by atoms with van der Waals surface area (Å²) in [5, 5.41) is 22.1. The predicted molar refractivity (Wildman–Crippen MR) is 175 cm³/mol. The lowest BCUT2D eigenvalue weighted by Crippen LogP contribution is -2.34. The Morgan fingerprint density at radius 2 is 1.33 bits per heavy atom. The second kappa shape index (κ2) is 13.2. The molecule has 0 fully saturated rings. The Morgan fingerprint density at radius 3 is 1.93 bits per heavy atom. The van der Waals surface area contributed by atoms with Gasteiger partial charge in [-0.15, -0.1) is 22.7 Å². The van der Waals surface area contributed by atoms with E-state index in [1.165, 1.54) is 22.7 Å². The van der Waals surface area contributed by atoms with Crippen molar-refractivity contribution in [1.29, 1.82) is 0 Å². The number of hydrogen-bond donors (Lipinski definition) is 3. The maximum Gasteiger partial charge on any atom is 0.317 e. The fraction of sp³-hybridized carbons (Fsp3) is 0.333. The van der Waals surface area contributed by atoms with Crippen molar-refractivity contribution in [3.8, 4) is 11.1 Å². The molecule has 11 nitrogen and oxygen atoms in total. The summed E-state index contributed by atoms with van der Waals surface area (Å²) in [4.78, 5) is 63.6. The van der Waals surface area contributed by atoms with Crippen LogP contribution in [0, 0.1) is 13.8 Å². The number of nitrogens with zero attached hydrogens (tertiary/aromatic N) is 4. The number of carboxylic acids is 2. The Hall–Kier alpha value is -4.30. The van der Waals surface area contributed by atoms with E-state index in [2.05, 4.69) is 15.3 Å². The molecule has 3 N–H and O–H groups in total. The smallest absolute Gasteiger partial charge is 0.317 e. The second-order valence-corrected chi connectivity index (χ2v) is 13.8. The second-order valence-electron chi connectivity index (χ2n) is 11.6. The SMILES string of the molecule is Cc1c(CC(=O)c2nc3c(s2)CN(CC(=O)O)CC3)cccc1-c1cccc(NC(=O)c2nc3c(s2)CN(CC(=O)O)CC3)c1C. The Labute approximate surface area is 273 Å². The maximum atomic E-state index is 13.4. The van der Waals surface area contributed by atoms with Crippen LogP contribution in [0.1, 0.15) is 57.4 Å². The lowest BCUT2D eigenvalue weighted by atomic mass is 9.91. The molecular weight excluding hydrogens is 627 g/mol. The number of amides is 1. The molecule has 0 saturated heterocycles. The number of carbonyl (C=O) groups excluding carboxylic acids is 2. The van der Waals surface area contributed by atoms with E-state index in [9.17, 15) is 19.2 Å². The third-order valence-electron chi connectivity index (χ3n) is 8.44. The average Bonchev–Trinajstić information content (AvgIpc) is 3.63. The minimum atomic E-state index is -0.876. The van der Waals surface area contributed by atoms with Crippen LogP contribution in [0.15, 0.2) is 36.4 Å². The number of Topliss-reactive ketones (excluding diaryl/α,β-unsaturated/α-hetero) is 1. The van der Waals surface area contributed by atoms with Crippen molar-refractivity contribution in [1.82, 2.24) is 19.8 Å². The van der Waals surface area contributed by atoms with Crippen LogP contribution in [0.3, 0.4) is 0 Å². The fourth-order valence-corrected chi connectivity index (χ4v) is 8.15. The molecule has 2 aromatic heterocycles. The molecule has 0 bridgehead atoms. The van der Waals surface area contributed by atoms with Gasteiger partial charge >= 0.3 is 11.9 Å². The minimum absolute atomic E-state index is 0.0290. The topological polar surface area (TPSA) is 153 Å². The number of benzene rings is 2. The van der Waals surface area contributed by atoms with E-state index in [0.29, 0.717) is 54.7 Å². The van der Waals surface area contributed by atoms with Gasteiger partial charge < -0.3 is 15.5 Å². The molecule has 4 heterocycles. The summed E-state index contributed by atoms with van der Waals surface area (Å²) in [5.74, 6) is -2.12. The normalized spacial score (nSPS) is 14.8. The molecular formula is C33H33N5O6S2. The van der Waals surface area contributed by atoms with Gasteiger partial charge in [-0.25, -0.2) is 9.97 Å². The van der Waals surface area contributed by atoms with Crippen molar-refractivity contribution in [2.45, 2.75) is 46.2 Å². The molecule has 2 aliphatic rings. The zero-order chi connectivity index (χ0) is 32.5. The number of aromatic nitrogens is 2. The van der Waals surface area contributed by atoms with Gasteiger partial charge in [0.2, 0.25) is 0 Å². The zero-order valence-electron chi connectivity index (χ0n) is 25.5. The lowest BCUT2D eigenvalue weighted by Gasteiger charge is -2.23. The number of fused-ring (bicyclic) bond motifs is 2. The lowest BCUT2D eigenvalue weighted by molar-refractivity contribution is -0.139. The van der Waals surface area contributed by atoms with Gasteiger partial charge in [0, 0.05) is 60.9 Å². The Morgan fingerprint density at radius 1 is 0.783 bits per heavy atom. The maximum absolute atomic E-state index is 13.4. The molecule has 0 atom stereocenters. The van der Waals surface area contributed by atoms with Gasteiger partial charge in [0.15, 0.2) is 15.8 Å². The number of ketones is 1. The van der Waals surface area contributed by atoms with Crippen LogP contribution in [0.25, 0.3) is 11.1 Å². The van der Waals surface area contributed by atoms with E-state index in [1.807, 2.05) is 60.0 Å². The van der Waals surface area contributed by atoms with Crippen LogP contribution in [-0.2, 0) is 41.9 Å². The van der Waals surface area contributed by atoms with Gasteiger partial charge in [-0.1, -0.05) is 30.3 Å². The van der Waals surface area contributed by atoms with Crippen molar-refractivity contribution >= 4 is 52.0 Å². The number of aliphatic carboxylic acids is 2. The summed E-state index contributed by atoms with van der Waals surface area (Å²) < 4.78 is 0. The van der Waals surface area contributed by atoms with Crippen molar-refractivity contribution in [3.05, 3.63) is 84.2 Å². The minimum Gasteiger partial charge on any atom is -0.480 e. The van der Waals surface area contributed by atoms with Gasteiger partial charge in [0.1, 0.15) is 0 Å². The summed E-state index contributed by atoms with van der Waals surface area (Å²) in [6.07, 6.45) is 1.43. The molecule has 6 rings (SSSR count). The standard InChI is InChI=1S/C33H33N5O6S2/c1-18-20(13-26(39)32-35-24-9-11-37(16-29(40)41)14-27(24)45-32)5-3-6-21(18)22-7-4-8-23(19(22)2)34-31(44)33-36-25-10-12-38(17-30(42)43)15-28(25)46-33/h3-8H,9-17H2,1-2H3,(H,34,44)(H,40,41)(H,42,43). The van der Waals surface area contributed by atoms with Gasteiger partial charge in [-0.3, -0.25) is 29.0 Å². The molecule has 0 unspecified atom stereocenters. The molecule has 2 aliphatic heterocycles. The highest BCUT2D eigenvalue weighted by Gasteiger charge is 2.26. The number of nitrogens with one attached hydrogen (secondary N) is 1. The van der Waals surface area contributed by atoms with Crippen LogP contribution in [0.5, 0.6) is 0 Å². The molecule has 0 radical (unpaired) electrons. The van der Waals surface area contributed by atoms with Crippen molar-refractivity contribution in [2.75, 3.05) is 31.5 Å².